The predicted molar refractivity (Wildman–Crippen MR) is 69.8 cm³/mol. The maximum atomic E-state index is 11.3. The zero-order chi connectivity index (χ0) is 13.0. The summed E-state index contributed by atoms with van der Waals surface area (Å²) in [6.45, 7) is 10.7. The molecule has 0 aromatic rings. The van der Waals surface area contributed by atoms with Crippen LogP contribution in [0.3, 0.4) is 0 Å². The van der Waals surface area contributed by atoms with Crippen LogP contribution in [0.5, 0.6) is 0 Å². The van der Waals surface area contributed by atoms with E-state index in [1.807, 2.05) is 13.0 Å². The standard InChI is InChI=1S/C14H25NO2/c1-10-8-12(3)13(4)15(9-10)7-6-11(2)14(16)17-5/h6,10,12-13H,7-9H2,1-5H3. The third-order valence-electron chi connectivity index (χ3n) is 3.86. The van der Waals surface area contributed by atoms with Crippen LogP contribution in [0.25, 0.3) is 0 Å². The van der Waals surface area contributed by atoms with Crippen LogP contribution >= 0.6 is 0 Å². The lowest BCUT2D eigenvalue weighted by molar-refractivity contribution is -0.136. The highest BCUT2D eigenvalue weighted by atomic mass is 16.5. The third kappa shape index (κ3) is 3.84. The van der Waals surface area contributed by atoms with Gasteiger partial charge < -0.3 is 4.74 Å². The van der Waals surface area contributed by atoms with Crippen molar-refractivity contribution in [2.75, 3.05) is 20.2 Å². The number of nitrogens with zero attached hydrogens (tertiary/aromatic N) is 1. The van der Waals surface area contributed by atoms with Crippen molar-refractivity contribution in [3.8, 4) is 0 Å². The van der Waals surface area contributed by atoms with Gasteiger partial charge in [-0.25, -0.2) is 4.79 Å². The molecule has 0 saturated carbocycles. The predicted octanol–water partition coefficient (Wildman–Crippen LogP) is 2.47. The molecule has 0 aromatic carbocycles. The number of hydrogen-bond acceptors (Lipinski definition) is 3. The number of piperidine rings is 1. The number of likely N-dealkylation sites (tertiary alicyclic amines) is 1. The normalized spacial score (nSPS) is 31.4. The second kappa shape index (κ2) is 6.20. The number of esters is 1. The van der Waals surface area contributed by atoms with Crippen molar-refractivity contribution >= 4 is 5.97 Å². The van der Waals surface area contributed by atoms with Crippen molar-refractivity contribution in [1.29, 1.82) is 0 Å². The van der Waals surface area contributed by atoms with Crippen LogP contribution in [-0.4, -0.2) is 37.1 Å². The van der Waals surface area contributed by atoms with Gasteiger partial charge in [0.25, 0.3) is 0 Å². The van der Waals surface area contributed by atoms with Crippen LogP contribution in [0.15, 0.2) is 11.6 Å². The summed E-state index contributed by atoms with van der Waals surface area (Å²) in [5, 5.41) is 0. The van der Waals surface area contributed by atoms with Crippen molar-refractivity contribution in [2.24, 2.45) is 11.8 Å². The van der Waals surface area contributed by atoms with Gasteiger partial charge in [0.2, 0.25) is 0 Å². The molecule has 0 spiro atoms. The van der Waals surface area contributed by atoms with E-state index >= 15 is 0 Å². The monoisotopic (exact) mass is 239 g/mol. The van der Waals surface area contributed by atoms with Crippen molar-refractivity contribution in [1.82, 2.24) is 4.90 Å². The number of carbonyl (C=O) groups is 1. The molecule has 17 heavy (non-hydrogen) atoms. The van der Waals surface area contributed by atoms with Crippen LogP contribution in [0.2, 0.25) is 0 Å². The molecule has 0 bridgehead atoms. The second-order valence-corrected chi connectivity index (χ2v) is 5.39. The molecule has 1 rings (SSSR count). The lowest BCUT2D eigenvalue weighted by Crippen LogP contribution is -2.45. The van der Waals surface area contributed by atoms with Gasteiger partial charge in [-0.2, -0.15) is 0 Å². The minimum atomic E-state index is -0.226. The van der Waals surface area contributed by atoms with Crippen LogP contribution in [0.1, 0.15) is 34.1 Å². The van der Waals surface area contributed by atoms with Crippen molar-refractivity contribution in [3.63, 3.8) is 0 Å². The molecule has 3 nitrogen and oxygen atoms in total. The molecule has 0 N–H and O–H groups in total. The first kappa shape index (κ1) is 14.2. The summed E-state index contributed by atoms with van der Waals surface area (Å²) in [5.41, 5.74) is 0.700. The van der Waals surface area contributed by atoms with Crippen molar-refractivity contribution in [3.05, 3.63) is 11.6 Å². The molecule has 1 aliphatic heterocycles. The Hall–Kier alpha value is -0.830. The molecule has 3 unspecified atom stereocenters. The van der Waals surface area contributed by atoms with E-state index in [9.17, 15) is 4.79 Å². The Morgan fingerprint density at radius 1 is 1.41 bits per heavy atom. The Morgan fingerprint density at radius 3 is 2.65 bits per heavy atom. The molecular formula is C14H25NO2. The molecule has 3 atom stereocenters. The van der Waals surface area contributed by atoms with E-state index in [2.05, 4.69) is 25.7 Å². The number of methoxy groups -OCH3 is 1. The van der Waals surface area contributed by atoms with E-state index in [4.69, 9.17) is 4.74 Å². The van der Waals surface area contributed by atoms with Crippen LogP contribution < -0.4 is 0 Å². The topological polar surface area (TPSA) is 29.5 Å². The molecule has 1 saturated heterocycles. The lowest BCUT2D eigenvalue weighted by Gasteiger charge is -2.40. The van der Waals surface area contributed by atoms with Gasteiger partial charge in [0.05, 0.1) is 7.11 Å². The molecular weight excluding hydrogens is 214 g/mol. The van der Waals surface area contributed by atoms with Gasteiger partial charge in [-0.3, -0.25) is 4.90 Å². The molecule has 1 fully saturated rings. The molecule has 3 heteroatoms. The van der Waals surface area contributed by atoms with E-state index in [0.717, 1.165) is 24.9 Å². The third-order valence-corrected chi connectivity index (χ3v) is 3.86. The van der Waals surface area contributed by atoms with E-state index < -0.39 is 0 Å². The molecule has 0 aromatic heterocycles. The first-order valence-corrected chi connectivity index (χ1v) is 6.44. The van der Waals surface area contributed by atoms with Crippen molar-refractivity contribution < 1.29 is 9.53 Å². The summed E-state index contributed by atoms with van der Waals surface area (Å²) >= 11 is 0. The maximum absolute atomic E-state index is 11.3. The van der Waals surface area contributed by atoms with E-state index in [-0.39, 0.29) is 5.97 Å². The molecule has 0 aliphatic carbocycles. The highest BCUT2D eigenvalue weighted by molar-refractivity contribution is 5.87. The fourth-order valence-electron chi connectivity index (χ4n) is 2.57. The Morgan fingerprint density at radius 2 is 2.06 bits per heavy atom. The van der Waals surface area contributed by atoms with Gasteiger partial charge in [-0.15, -0.1) is 0 Å². The van der Waals surface area contributed by atoms with Gasteiger partial charge >= 0.3 is 5.97 Å². The summed E-state index contributed by atoms with van der Waals surface area (Å²) in [6, 6.07) is 0.591. The summed E-state index contributed by atoms with van der Waals surface area (Å²) in [7, 11) is 1.42. The lowest BCUT2D eigenvalue weighted by atomic mass is 9.86. The Balaban J connectivity index is 2.58. The fraction of sp³-hybridized carbons (Fsp3) is 0.786. The molecule has 0 radical (unpaired) electrons. The van der Waals surface area contributed by atoms with E-state index in [1.54, 1.807) is 0 Å². The quantitative estimate of drug-likeness (QED) is 0.560. The van der Waals surface area contributed by atoms with Gasteiger partial charge in [-0.1, -0.05) is 19.9 Å². The molecule has 1 aliphatic rings. The van der Waals surface area contributed by atoms with Crippen LogP contribution in [0, 0.1) is 11.8 Å². The van der Waals surface area contributed by atoms with Gasteiger partial charge in [0.15, 0.2) is 0 Å². The summed E-state index contributed by atoms with van der Waals surface area (Å²) < 4.78 is 4.70. The summed E-state index contributed by atoms with van der Waals surface area (Å²) in [6.07, 6.45) is 3.28. The van der Waals surface area contributed by atoms with E-state index in [0.29, 0.717) is 11.6 Å². The minimum absolute atomic E-state index is 0.226. The number of ether oxygens (including phenoxy) is 1. The first-order chi connectivity index (χ1) is 7.95. The molecule has 1 heterocycles. The Bertz CT molecular complexity index is 299. The molecule has 0 amide bonds. The van der Waals surface area contributed by atoms with Crippen LogP contribution in [0.4, 0.5) is 0 Å². The summed E-state index contributed by atoms with van der Waals surface area (Å²) in [5.74, 6) is 1.24. The first-order valence-electron chi connectivity index (χ1n) is 6.44. The van der Waals surface area contributed by atoms with Gasteiger partial charge in [0, 0.05) is 24.7 Å². The summed E-state index contributed by atoms with van der Waals surface area (Å²) in [4.78, 5) is 13.7. The van der Waals surface area contributed by atoms with Crippen LogP contribution in [-0.2, 0) is 9.53 Å². The fourth-order valence-corrected chi connectivity index (χ4v) is 2.57. The highest BCUT2D eigenvalue weighted by Crippen LogP contribution is 2.26. The number of hydrogen-bond donors (Lipinski definition) is 0. The zero-order valence-electron chi connectivity index (χ0n) is 11.7. The number of carbonyl (C=O) groups excluding carboxylic acids is 1. The van der Waals surface area contributed by atoms with Crippen molar-refractivity contribution in [2.45, 2.75) is 40.2 Å². The maximum Gasteiger partial charge on any atom is 0.333 e. The SMILES string of the molecule is COC(=O)C(C)=CCN1CC(C)CC(C)C1C. The molecule has 98 valence electrons. The Kier molecular flexibility index (Phi) is 5.19. The average molecular weight is 239 g/mol. The smallest absolute Gasteiger partial charge is 0.333 e. The van der Waals surface area contributed by atoms with E-state index in [1.165, 1.54) is 13.5 Å². The van der Waals surface area contributed by atoms with Gasteiger partial charge in [-0.05, 0) is 32.1 Å². The number of rotatable bonds is 3. The zero-order valence-corrected chi connectivity index (χ0v) is 11.7. The Labute approximate surface area is 105 Å². The average Bonchev–Trinajstić information content (AvgIpc) is 2.30. The minimum Gasteiger partial charge on any atom is -0.466 e. The largest absolute Gasteiger partial charge is 0.466 e. The second-order valence-electron chi connectivity index (χ2n) is 5.39. The van der Waals surface area contributed by atoms with Gasteiger partial charge in [0.1, 0.15) is 0 Å². The highest BCUT2D eigenvalue weighted by Gasteiger charge is 2.27.